The first-order valence-corrected chi connectivity index (χ1v) is 6.77. The fourth-order valence-electron chi connectivity index (χ4n) is 2.07. The second kappa shape index (κ2) is 7.39. The summed E-state index contributed by atoms with van der Waals surface area (Å²) in [5, 5.41) is 12.5. The molecule has 0 aliphatic carbocycles. The van der Waals surface area contributed by atoms with Crippen molar-refractivity contribution in [2.75, 3.05) is 24.6 Å². The smallest absolute Gasteiger partial charge is 0.0606 e. The summed E-state index contributed by atoms with van der Waals surface area (Å²) in [6.45, 7) is 11.3. The molecule has 0 aromatic heterocycles. The van der Waals surface area contributed by atoms with Gasteiger partial charge in [-0.1, -0.05) is 26.0 Å². The third-order valence-corrected chi connectivity index (χ3v) is 3.07. The van der Waals surface area contributed by atoms with Crippen molar-refractivity contribution in [3.63, 3.8) is 0 Å². The number of aliphatic hydroxyl groups excluding tert-OH is 1. The number of hydrogen-bond donors (Lipinski definition) is 2. The average molecular weight is 250 g/mol. The fraction of sp³-hybridized carbons (Fsp3) is 0.600. The van der Waals surface area contributed by atoms with Crippen LogP contribution in [0.15, 0.2) is 18.2 Å². The van der Waals surface area contributed by atoms with Crippen molar-refractivity contribution in [2.45, 2.75) is 40.3 Å². The van der Waals surface area contributed by atoms with E-state index >= 15 is 0 Å². The van der Waals surface area contributed by atoms with Gasteiger partial charge in [-0.25, -0.2) is 0 Å². The lowest BCUT2D eigenvalue weighted by Crippen LogP contribution is -2.27. The molecule has 1 aromatic rings. The molecule has 0 bridgehead atoms. The Labute approximate surface area is 111 Å². The lowest BCUT2D eigenvalue weighted by molar-refractivity contribution is 0.302. The molecule has 0 spiro atoms. The zero-order chi connectivity index (χ0) is 13.5. The molecule has 0 saturated heterocycles. The van der Waals surface area contributed by atoms with Crippen LogP contribution in [-0.2, 0) is 6.54 Å². The van der Waals surface area contributed by atoms with E-state index in [0.717, 1.165) is 13.1 Å². The highest BCUT2D eigenvalue weighted by Gasteiger charge is 2.07. The summed E-state index contributed by atoms with van der Waals surface area (Å²) in [7, 11) is 0. The van der Waals surface area contributed by atoms with Crippen LogP contribution in [0.5, 0.6) is 0 Å². The Bertz CT molecular complexity index is 364. The van der Waals surface area contributed by atoms with E-state index in [2.05, 4.69) is 56.1 Å². The second-order valence-corrected chi connectivity index (χ2v) is 4.96. The van der Waals surface area contributed by atoms with Gasteiger partial charge >= 0.3 is 0 Å². The maximum Gasteiger partial charge on any atom is 0.0606 e. The molecule has 0 saturated carbocycles. The van der Waals surface area contributed by atoms with Crippen molar-refractivity contribution < 1.29 is 5.11 Å². The third-order valence-electron chi connectivity index (χ3n) is 3.07. The average Bonchev–Trinajstić information content (AvgIpc) is 2.34. The van der Waals surface area contributed by atoms with Gasteiger partial charge in [0.1, 0.15) is 0 Å². The van der Waals surface area contributed by atoms with Gasteiger partial charge in [0, 0.05) is 31.4 Å². The van der Waals surface area contributed by atoms with E-state index < -0.39 is 0 Å². The molecule has 3 nitrogen and oxygen atoms in total. The molecule has 0 aliphatic heterocycles. The van der Waals surface area contributed by atoms with Crippen LogP contribution in [0, 0.1) is 6.92 Å². The monoisotopic (exact) mass is 250 g/mol. The van der Waals surface area contributed by atoms with Gasteiger partial charge in [-0.3, -0.25) is 0 Å². The first-order chi connectivity index (χ1) is 8.58. The van der Waals surface area contributed by atoms with Crippen LogP contribution in [0.4, 0.5) is 5.69 Å². The summed E-state index contributed by atoms with van der Waals surface area (Å²) in [4.78, 5) is 2.20. The lowest BCUT2D eigenvalue weighted by atomic mass is 10.1. The quantitative estimate of drug-likeness (QED) is 0.779. The number of anilines is 1. The van der Waals surface area contributed by atoms with E-state index in [9.17, 15) is 0 Å². The number of aliphatic hydroxyl groups is 1. The zero-order valence-corrected chi connectivity index (χ0v) is 12.0. The van der Waals surface area contributed by atoms with Crippen LogP contribution in [0.2, 0.25) is 0 Å². The number of nitrogens with zero attached hydrogens (tertiary/aromatic N) is 1. The minimum atomic E-state index is 0.198. The van der Waals surface area contributed by atoms with E-state index in [1.807, 2.05) is 0 Å². The molecular formula is C15H26N2O. The normalized spacial score (nSPS) is 11.0. The molecule has 3 heteroatoms. The molecule has 0 atom stereocenters. The van der Waals surface area contributed by atoms with Crippen molar-refractivity contribution in [2.24, 2.45) is 0 Å². The van der Waals surface area contributed by atoms with Crippen molar-refractivity contribution >= 4 is 5.69 Å². The van der Waals surface area contributed by atoms with Crippen LogP contribution in [0.25, 0.3) is 0 Å². The maximum absolute atomic E-state index is 9.07. The van der Waals surface area contributed by atoms with E-state index in [1.54, 1.807) is 0 Å². The number of benzene rings is 1. The highest BCUT2D eigenvalue weighted by molar-refractivity contribution is 5.54. The third kappa shape index (κ3) is 4.31. The SMILES string of the molecule is CCN(CCO)c1ccc(CNC(C)C)cc1C. The molecule has 0 heterocycles. The summed E-state index contributed by atoms with van der Waals surface area (Å²) < 4.78 is 0. The van der Waals surface area contributed by atoms with E-state index in [0.29, 0.717) is 12.6 Å². The van der Waals surface area contributed by atoms with Gasteiger partial charge in [-0.05, 0) is 31.0 Å². The molecule has 0 amide bonds. The van der Waals surface area contributed by atoms with Crippen molar-refractivity contribution in [3.05, 3.63) is 29.3 Å². The van der Waals surface area contributed by atoms with Crippen LogP contribution >= 0.6 is 0 Å². The van der Waals surface area contributed by atoms with Gasteiger partial charge in [-0.15, -0.1) is 0 Å². The number of hydrogen-bond acceptors (Lipinski definition) is 3. The predicted octanol–water partition coefficient (Wildman–Crippen LogP) is 2.31. The molecule has 0 fully saturated rings. The zero-order valence-electron chi connectivity index (χ0n) is 12.0. The summed E-state index contributed by atoms with van der Waals surface area (Å²) in [6.07, 6.45) is 0. The maximum atomic E-state index is 9.07. The molecule has 0 unspecified atom stereocenters. The first kappa shape index (κ1) is 15.0. The van der Waals surface area contributed by atoms with Gasteiger partial charge in [0.2, 0.25) is 0 Å². The molecule has 2 N–H and O–H groups in total. The predicted molar refractivity (Wildman–Crippen MR) is 78.1 cm³/mol. The second-order valence-electron chi connectivity index (χ2n) is 4.96. The van der Waals surface area contributed by atoms with Gasteiger partial charge in [-0.2, -0.15) is 0 Å². The van der Waals surface area contributed by atoms with Gasteiger partial charge in [0.15, 0.2) is 0 Å². The number of rotatable bonds is 7. The lowest BCUT2D eigenvalue weighted by Gasteiger charge is -2.24. The summed E-state index contributed by atoms with van der Waals surface area (Å²) in [5.74, 6) is 0. The number of aryl methyl sites for hydroxylation is 1. The van der Waals surface area contributed by atoms with Crippen LogP contribution in [0.3, 0.4) is 0 Å². The first-order valence-electron chi connectivity index (χ1n) is 6.77. The largest absolute Gasteiger partial charge is 0.395 e. The van der Waals surface area contributed by atoms with Crippen LogP contribution < -0.4 is 10.2 Å². The Morgan fingerprint density at radius 1 is 1.33 bits per heavy atom. The fourth-order valence-corrected chi connectivity index (χ4v) is 2.07. The summed E-state index contributed by atoms with van der Waals surface area (Å²) >= 11 is 0. The van der Waals surface area contributed by atoms with Crippen molar-refractivity contribution in [1.82, 2.24) is 5.32 Å². The molecule has 1 rings (SSSR count). The highest BCUT2D eigenvalue weighted by Crippen LogP contribution is 2.21. The van der Waals surface area contributed by atoms with Crippen LogP contribution in [0.1, 0.15) is 31.9 Å². The minimum absolute atomic E-state index is 0.198. The number of nitrogens with one attached hydrogen (secondary N) is 1. The van der Waals surface area contributed by atoms with Crippen molar-refractivity contribution in [3.8, 4) is 0 Å². The van der Waals surface area contributed by atoms with Gasteiger partial charge < -0.3 is 15.3 Å². The molecule has 0 radical (unpaired) electrons. The Morgan fingerprint density at radius 3 is 2.56 bits per heavy atom. The molecular weight excluding hydrogens is 224 g/mol. The minimum Gasteiger partial charge on any atom is -0.395 e. The topological polar surface area (TPSA) is 35.5 Å². The van der Waals surface area contributed by atoms with E-state index in [1.165, 1.54) is 16.8 Å². The molecule has 0 aliphatic rings. The Hall–Kier alpha value is -1.06. The molecule has 1 aromatic carbocycles. The Kier molecular flexibility index (Phi) is 6.16. The van der Waals surface area contributed by atoms with Crippen LogP contribution in [-0.4, -0.2) is 30.8 Å². The van der Waals surface area contributed by atoms with E-state index in [-0.39, 0.29) is 6.61 Å². The summed E-state index contributed by atoms with van der Waals surface area (Å²) in [6, 6.07) is 7.06. The van der Waals surface area contributed by atoms with E-state index in [4.69, 9.17) is 5.11 Å². The number of likely N-dealkylation sites (N-methyl/N-ethyl adjacent to an activating group) is 1. The van der Waals surface area contributed by atoms with Gasteiger partial charge in [0.05, 0.1) is 6.61 Å². The molecule has 102 valence electrons. The Balaban J connectivity index is 2.78. The summed E-state index contributed by atoms with van der Waals surface area (Å²) in [5.41, 5.74) is 3.80. The Morgan fingerprint density at radius 2 is 2.06 bits per heavy atom. The standard InChI is InChI=1S/C15H26N2O/c1-5-17(8-9-18)15-7-6-14(10-13(15)4)11-16-12(2)3/h6-7,10,12,16,18H,5,8-9,11H2,1-4H3. The highest BCUT2D eigenvalue weighted by atomic mass is 16.3. The van der Waals surface area contributed by atoms with Crippen molar-refractivity contribution in [1.29, 1.82) is 0 Å². The van der Waals surface area contributed by atoms with Gasteiger partial charge in [0.25, 0.3) is 0 Å². The molecule has 18 heavy (non-hydrogen) atoms.